The Morgan fingerprint density at radius 1 is 1.28 bits per heavy atom. The maximum Gasteiger partial charge on any atom is 0.422 e. The molecule has 2 aromatic rings. The minimum atomic E-state index is -4.41. The fourth-order valence-corrected chi connectivity index (χ4v) is 2.86. The number of benzene rings is 1. The number of aromatic nitrogens is 2. The van der Waals surface area contributed by atoms with Crippen molar-refractivity contribution < 1.29 is 22.6 Å². The first-order valence-electron chi connectivity index (χ1n) is 7.74. The molecular formula is C16H20F3N3O2Si. The monoisotopic (exact) mass is 371 g/mol. The van der Waals surface area contributed by atoms with Crippen LogP contribution in [0.2, 0.25) is 25.7 Å². The molecule has 0 aliphatic rings. The van der Waals surface area contributed by atoms with Gasteiger partial charge in [0.1, 0.15) is 5.75 Å². The van der Waals surface area contributed by atoms with Crippen LogP contribution in [0.5, 0.6) is 5.75 Å². The molecule has 1 aromatic carbocycles. The molecule has 2 rings (SSSR count). The third kappa shape index (κ3) is 5.76. The predicted molar refractivity (Wildman–Crippen MR) is 91.7 cm³/mol. The average Bonchev–Trinajstić information content (AvgIpc) is 2.85. The summed E-state index contributed by atoms with van der Waals surface area (Å²) in [6, 6.07) is 5.38. The standard InChI is InChI=1S/C16H20F3N3O2Si/c1-20-15-13-6-5-12(24-10-16(17,18)19)9-14(13)22(21-15)11-23-7-8-25(2,3)4/h5-6,9H,7-8,10-11H2,2-4H3. The second kappa shape index (κ2) is 7.45. The van der Waals surface area contributed by atoms with Crippen molar-refractivity contribution >= 4 is 24.8 Å². The number of halogens is 3. The number of hydrogen-bond donors (Lipinski definition) is 0. The molecule has 1 heterocycles. The highest BCUT2D eigenvalue weighted by molar-refractivity contribution is 6.76. The molecule has 0 fully saturated rings. The van der Waals surface area contributed by atoms with Gasteiger partial charge in [-0.15, -0.1) is 0 Å². The first kappa shape index (κ1) is 19.3. The third-order valence-corrected chi connectivity index (χ3v) is 5.13. The second-order valence-corrected chi connectivity index (χ2v) is 12.5. The molecule has 0 unspecified atom stereocenters. The zero-order valence-electron chi connectivity index (χ0n) is 14.4. The Morgan fingerprint density at radius 3 is 2.60 bits per heavy atom. The van der Waals surface area contributed by atoms with Crippen LogP contribution in [0.1, 0.15) is 0 Å². The normalized spacial score (nSPS) is 12.4. The molecule has 136 valence electrons. The van der Waals surface area contributed by atoms with Gasteiger partial charge in [-0.2, -0.15) is 17.9 Å². The lowest BCUT2D eigenvalue weighted by Crippen LogP contribution is -2.22. The van der Waals surface area contributed by atoms with Gasteiger partial charge in [-0.25, -0.2) is 0 Å². The summed E-state index contributed by atoms with van der Waals surface area (Å²) in [4.78, 5) is 3.35. The average molecular weight is 371 g/mol. The van der Waals surface area contributed by atoms with Crippen molar-refractivity contribution in [1.29, 1.82) is 0 Å². The molecular weight excluding hydrogens is 351 g/mol. The van der Waals surface area contributed by atoms with Gasteiger partial charge in [-0.05, 0) is 17.2 Å². The number of hydrogen-bond acceptors (Lipinski definition) is 3. The summed E-state index contributed by atoms with van der Waals surface area (Å²) in [7, 11) is -1.22. The van der Waals surface area contributed by atoms with Gasteiger partial charge in [0.25, 0.3) is 0 Å². The van der Waals surface area contributed by atoms with Crippen LogP contribution in [-0.4, -0.2) is 37.2 Å². The summed E-state index contributed by atoms with van der Waals surface area (Å²) in [6.07, 6.45) is -4.41. The van der Waals surface area contributed by atoms with Crippen LogP contribution in [0.15, 0.2) is 18.2 Å². The van der Waals surface area contributed by atoms with Crippen molar-refractivity contribution in [3.05, 3.63) is 29.6 Å². The lowest BCUT2D eigenvalue weighted by atomic mass is 10.2. The van der Waals surface area contributed by atoms with Gasteiger partial charge in [-0.3, -0.25) is 0 Å². The topological polar surface area (TPSA) is 40.6 Å². The molecule has 0 radical (unpaired) electrons. The molecule has 9 heteroatoms. The molecule has 0 saturated carbocycles. The Balaban J connectivity index is 2.16. The highest BCUT2D eigenvalue weighted by atomic mass is 28.3. The smallest absolute Gasteiger partial charge is 0.422 e. The maximum absolute atomic E-state index is 12.3. The van der Waals surface area contributed by atoms with Crippen LogP contribution in [0.3, 0.4) is 0 Å². The van der Waals surface area contributed by atoms with E-state index in [1.807, 2.05) is 0 Å². The molecule has 5 nitrogen and oxygen atoms in total. The van der Waals surface area contributed by atoms with E-state index in [0.717, 1.165) is 6.04 Å². The van der Waals surface area contributed by atoms with E-state index >= 15 is 0 Å². The zero-order chi connectivity index (χ0) is 18.7. The zero-order valence-corrected chi connectivity index (χ0v) is 15.4. The second-order valence-electron chi connectivity index (χ2n) is 6.87. The van der Waals surface area contributed by atoms with Gasteiger partial charge in [0.2, 0.25) is 0 Å². The molecule has 25 heavy (non-hydrogen) atoms. The Labute approximate surface area is 145 Å². The molecule has 0 amide bonds. The summed E-state index contributed by atoms with van der Waals surface area (Å²) in [5.41, 5.74) is 0.513. The Bertz CT molecular complexity index is 776. The lowest BCUT2D eigenvalue weighted by molar-refractivity contribution is -0.153. The number of ether oxygens (including phenoxy) is 2. The van der Waals surface area contributed by atoms with Crippen LogP contribution in [-0.2, 0) is 11.5 Å². The number of nitrogens with zero attached hydrogens (tertiary/aromatic N) is 3. The number of rotatable bonds is 7. The van der Waals surface area contributed by atoms with Crippen molar-refractivity contribution in [3.8, 4) is 5.75 Å². The van der Waals surface area contributed by atoms with E-state index in [9.17, 15) is 13.2 Å². The molecule has 0 N–H and O–H groups in total. The number of fused-ring (bicyclic) bond motifs is 1. The van der Waals surface area contributed by atoms with E-state index in [1.165, 1.54) is 16.8 Å². The van der Waals surface area contributed by atoms with Gasteiger partial charge >= 0.3 is 12.0 Å². The van der Waals surface area contributed by atoms with E-state index in [1.54, 1.807) is 6.07 Å². The predicted octanol–water partition coefficient (Wildman–Crippen LogP) is 4.84. The van der Waals surface area contributed by atoms with Crippen LogP contribution in [0, 0.1) is 6.57 Å². The van der Waals surface area contributed by atoms with Gasteiger partial charge in [0, 0.05) is 26.1 Å². The summed E-state index contributed by atoms with van der Waals surface area (Å²) in [5, 5.41) is 4.72. The van der Waals surface area contributed by atoms with E-state index in [2.05, 4.69) is 29.6 Å². The minimum absolute atomic E-state index is 0.0737. The van der Waals surface area contributed by atoms with E-state index < -0.39 is 20.9 Å². The quantitative estimate of drug-likeness (QED) is 0.397. The van der Waals surface area contributed by atoms with Crippen LogP contribution >= 0.6 is 0 Å². The van der Waals surface area contributed by atoms with Crippen molar-refractivity contribution in [2.75, 3.05) is 13.2 Å². The van der Waals surface area contributed by atoms with Gasteiger partial charge < -0.3 is 14.3 Å². The van der Waals surface area contributed by atoms with Gasteiger partial charge in [-0.1, -0.05) is 32.3 Å². The molecule has 0 saturated heterocycles. The summed E-state index contributed by atoms with van der Waals surface area (Å²) in [6.45, 7) is 13.2. The maximum atomic E-state index is 12.3. The summed E-state index contributed by atoms with van der Waals surface area (Å²) < 4.78 is 48.8. The Hall–Kier alpha value is -2.05. The SMILES string of the molecule is [C-]#[N+]c1nn(COCC[Si](C)(C)C)c2cc(OCC(F)(F)F)ccc12. The van der Waals surface area contributed by atoms with Crippen molar-refractivity contribution in [1.82, 2.24) is 9.78 Å². The van der Waals surface area contributed by atoms with E-state index in [-0.39, 0.29) is 18.3 Å². The largest absolute Gasteiger partial charge is 0.484 e. The molecule has 0 spiro atoms. The van der Waals surface area contributed by atoms with Gasteiger partial charge in [0.05, 0.1) is 5.52 Å². The Kier molecular flexibility index (Phi) is 5.75. The van der Waals surface area contributed by atoms with Crippen molar-refractivity contribution in [3.63, 3.8) is 0 Å². The van der Waals surface area contributed by atoms with E-state index in [4.69, 9.17) is 16.0 Å². The fraction of sp³-hybridized carbons (Fsp3) is 0.500. The van der Waals surface area contributed by atoms with E-state index in [0.29, 0.717) is 17.5 Å². The lowest BCUT2D eigenvalue weighted by Gasteiger charge is -2.15. The Morgan fingerprint density at radius 2 is 2.00 bits per heavy atom. The molecule has 0 atom stereocenters. The summed E-state index contributed by atoms with van der Waals surface area (Å²) >= 11 is 0. The van der Waals surface area contributed by atoms with Crippen LogP contribution < -0.4 is 4.74 Å². The number of alkyl halides is 3. The van der Waals surface area contributed by atoms with Crippen LogP contribution in [0.25, 0.3) is 15.7 Å². The minimum Gasteiger partial charge on any atom is -0.484 e. The molecule has 0 bridgehead atoms. The molecule has 0 aliphatic heterocycles. The summed E-state index contributed by atoms with van der Waals surface area (Å²) in [5.74, 6) is 0.260. The van der Waals surface area contributed by atoms with Crippen LogP contribution in [0.4, 0.5) is 19.0 Å². The van der Waals surface area contributed by atoms with Gasteiger partial charge in [0.15, 0.2) is 13.3 Å². The van der Waals surface area contributed by atoms with Crippen molar-refractivity contribution in [2.45, 2.75) is 38.6 Å². The van der Waals surface area contributed by atoms with Crippen molar-refractivity contribution in [2.24, 2.45) is 0 Å². The first-order valence-corrected chi connectivity index (χ1v) is 11.4. The highest BCUT2D eigenvalue weighted by Crippen LogP contribution is 2.29. The highest BCUT2D eigenvalue weighted by Gasteiger charge is 2.28. The third-order valence-electron chi connectivity index (χ3n) is 3.42. The molecule has 1 aromatic heterocycles. The first-order chi connectivity index (χ1) is 11.6. The molecule has 0 aliphatic carbocycles. The fourth-order valence-electron chi connectivity index (χ4n) is 2.10.